The van der Waals surface area contributed by atoms with Crippen molar-refractivity contribution in [3.8, 4) is 0 Å². The monoisotopic (exact) mass is 231 g/mol. The molecule has 0 heterocycles. The molecule has 17 heavy (non-hydrogen) atoms. The average molecular weight is 231 g/mol. The molecule has 1 aromatic carbocycles. The summed E-state index contributed by atoms with van der Waals surface area (Å²) in [5, 5.41) is 4.04. The summed E-state index contributed by atoms with van der Waals surface area (Å²) in [4.78, 5) is 5.28. The molecule has 0 unspecified atom stereocenters. The molecule has 1 aliphatic rings. The maximum absolute atomic E-state index is 5.28. The summed E-state index contributed by atoms with van der Waals surface area (Å²) >= 11 is 0. The molecule has 0 amide bonds. The van der Waals surface area contributed by atoms with Crippen molar-refractivity contribution in [2.75, 3.05) is 0 Å². The third kappa shape index (κ3) is 4.59. The van der Waals surface area contributed by atoms with Gasteiger partial charge < -0.3 is 4.84 Å². The van der Waals surface area contributed by atoms with Crippen LogP contribution in [0.15, 0.2) is 35.5 Å². The summed E-state index contributed by atoms with van der Waals surface area (Å²) in [6.07, 6.45) is 9.95. The van der Waals surface area contributed by atoms with Crippen molar-refractivity contribution < 1.29 is 4.84 Å². The quantitative estimate of drug-likeness (QED) is 0.551. The maximum Gasteiger partial charge on any atom is 0.142 e. The first-order valence-corrected chi connectivity index (χ1v) is 6.63. The highest BCUT2D eigenvalue weighted by Crippen LogP contribution is 2.25. The molecule has 1 fully saturated rings. The average Bonchev–Trinajstić information content (AvgIpc) is 2.41. The Bertz CT molecular complexity index is 328. The third-order valence-corrected chi connectivity index (χ3v) is 3.39. The van der Waals surface area contributed by atoms with E-state index < -0.39 is 0 Å². The van der Waals surface area contributed by atoms with Crippen LogP contribution in [0.2, 0.25) is 0 Å². The van der Waals surface area contributed by atoms with Crippen molar-refractivity contribution in [1.29, 1.82) is 0 Å². The van der Waals surface area contributed by atoms with Gasteiger partial charge in [-0.05, 0) is 17.9 Å². The fraction of sp³-hybridized carbons (Fsp3) is 0.533. The maximum atomic E-state index is 5.28. The molecule has 0 N–H and O–H groups in total. The minimum absolute atomic E-state index is 0.571. The lowest BCUT2D eigenvalue weighted by atomic mass is 9.87. The molecule has 2 rings (SSSR count). The second-order valence-corrected chi connectivity index (χ2v) is 4.79. The van der Waals surface area contributed by atoms with E-state index in [0.29, 0.717) is 6.61 Å². The zero-order valence-corrected chi connectivity index (χ0v) is 10.3. The summed E-state index contributed by atoms with van der Waals surface area (Å²) in [6.45, 7) is 0.571. The first kappa shape index (κ1) is 12.2. The normalized spacial score (nSPS) is 17.4. The predicted molar refractivity (Wildman–Crippen MR) is 70.9 cm³/mol. The lowest BCUT2D eigenvalue weighted by Gasteiger charge is -2.19. The standard InChI is InChI=1S/C15H21NO/c1-3-7-14(8-4-1)11-12-16-17-13-15-9-5-2-6-10-15/h2,5-6,9-10,12,14H,1,3-4,7-8,11,13H2. The molecule has 0 aliphatic heterocycles. The Hall–Kier alpha value is -1.31. The first-order valence-electron chi connectivity index (χ1n) is 6.63. The first-order chi connectivity index (χ1) is 8.45. The molecular formula is C15H21NO. The van der Waals surface area contributed by atoms with Crippen LogP contribution in [-0.4, -0.2) is 6.21 Å². The van der Waals surface area contributed by atoms with E-state index >= 15 is 0 Å². The molecule has 0 atom stereocenters. The van der Waals surface area contributed by atoms with E-state index in [0.717, 1.165) is 12.3 Å². The van der Waals surface area contributed by atoms with Gasteiger partial charge in [-0.3, -0.25) is 0 Å². The number of hydrogen-bond acceptors (Lipinski definition) is 2. The molecule has 0 spiro atoms. The van der Waals surface area contributed by atoms with Crippen molar-refractivity contribution in [2.45, 2.75) is 45.1 Å². The van der Waals surface area contributed by atoms with Crippen molar-refractivity contribution in [3.63, 3.8) is 0 Å². The molecule has 0 bridgehead atoms. The van der Waals surface area contributed by atoms with Crippen molar-refractivity contribution in [2.24, 2.45) is 11.1 Å². The van der Waals surface area contributed by atoms with Crippen LogP contribution in [0.5, 0.6) is 0 Å². The Morgan fingerprint density at radius 3 is 2.65 bits per heavy atom. The van der Waals surface area contributed by atoms with E-state index in [2.05, 4.69) is 17.3 Å². The van der Waals surface area contributed by atoms with Crippen LogP contribution >= 0.6 is 0 Å². The minimum Gasteiger partial charge on any atom is -0.391 e. The van der Waals surface area contributed by atoms with Gasteiger partial charge in [0.25, 0.3) is 0 Å². The van der Waals surface area contributed by atoms with E-state index in [1.54, 1.807) is 0 Å². The molecule has 92 valence electrons. The SMILES string of the molecule is C(CC1CCCCC1)=NOCc1ccccc1. The fourth-order valence-electron chi connectivity index (χ4n) is 2.35. The molecular weight excluding hydrogens is 210 g/mol. The highest BCUT2D eigenvalue weighted by Gasteiger charge is 2.11. The Morgan fingerprint density at radius 1 is 1.12 bits per heavy atom. The lowest BCUT2D eigenvalue weighted by molar-refractivity contribution is 0.131. The molecule has 1 aliphatic carbocycles. The smallest absolute Gasteiger partial charge is 0.142 e. The molecule has 0 saturated heterocycles. The van der Waals surface area contributed by atoms with Crippen LogP contribution in [0, 0.1) is 5.92 Å². The van der Waals surface area contributed by atoms with E-state index in [-0.39, 0.29) is 0 Å². The zero-order chi connectivity index (χ0) is 11.8. The molecule has 1 aromatic rings. The van der Waals surface area contributed by atoms with Crippen LogP contribution < -0.4 is 0 Å². The zero-order valence-electron chi connectivity index (χ0n) is 10.3. The Morgan fingerprint density at radius 2 is 1.88 bits per heavy atom. The van der Waals surface area contributed by atoms with Gasteiger partial charge in [0.1, 0.15) is 6.61 Å². The van der Waals surface area contributed by atoms with Crippen LogP contribution in [0.1, 0.15) is 44.1 Å². The number of nitrogens with zero attached hydrogens (tertiary/aromatic N) is 1. The Balaban J connectivity index is 1.61. The van der Waals surface area contributed by atoms with Gasteiger partial charge in [-0.25, -0.2) is 0 Å². The van der Waals surface area contributed by atoms with Gasteiger partial charge >= 0.3 is 0 Å². The lowest BCUT2D eigenvalue weighted by Crippen LogP contribution is -2.06. The number of benzene rings is 1. The van der Waals surface area contributed by atoms with Gasteiger partial charge in [0.15, 0.2) is 0 Å². The van der Waals surface area contributed by atoms with E-state index in [9.17, 15) is 0 Å². The van der Waals surface area contributed by atoms with Gasteiger partial charge in [0.05, 0.1) is 0 Å². The van der Waals surface area contributed by atoms with E-state index in [1.807, 2.05) is 24.4 Å². The van der Waals surface area contributed by atoms with Crippen LogP contribution in [0.25, 0.3) is 0 Å². The van der Waals surface area contributed by atoms with Crippen LogP contribution in [0.3, 0.4) is 0 Å². The fourth-order valence-corrected chi connectivity index (χ4v) is 2.35. The Labute approximate surface area is 104 Å². The number of oxime groups is 1. The minimum atomic E-state index is 0.571. The molecule has 0 aromatic heterocycles. The van der Waals surface area contributed by atoms with Gasteiger partial charge in [-0.15, -0.1) is 0 Å². The molecule has 0 radical (unpaired) electrons. The van der Waals surface area contributed by atoms with Gasteiger partial charge in [-0.1, -0.05) is 67.6 Å². The highest BCUT2D eigenvalue weighted by molar-refractivity contribution is 5.56. The predicted octanol–water partition coefficient (Wildman–Crippen LogP) is 4.16. The summed E-state index contributed by atoms with van der Waals surface area (Å²) in [7, 11) is 0. The van der Waals surface area contributed by atoms with E-state index in [1.165, 1.54) is 37.7 Å². The van der Waals surface area contributed by atoms with Crippen LogP contribution in [0.4, 0.5) is 0 Å². The molecule has 2 nitrogen and oxygen atoms in total. The summed E-state index contributed by atoms with van der Waals surface area (Å²) < 4.78 is 0. The van der Waals surface area contributed by atoms with Crippen LogP contribution in [-0.2, 0) is 11.4 Å². The number of rotatable bonds is 5. The molecule has 2 heteroatoms. The summed E-state index contributed by atoms with van der Waals surface area (Å²) in [6, 6.07) is 10.2. The van der Waals surface area contributed by atoms with Gasteiger partial charge in [0, 0.05) is 6.21 Å². The largest absolute Gasteiger partial charge is 0.391 e. The molecule has 1 saturated carbocycles. The van der Waals surface area contributed by atoms with Crippen molar-refractivity contribution >= 4 is 6.21 Å². The second-order valence-electron chi connectivity index (χ2n) is 4.79. The van der Waals surface area contributed by atoms with Crippen molar-refractivity contribution in [1.82, 2.24) is 0 Å². The Kier molecular flexibility index (Phi) is 5.08. The topological polar surface area (TPSA) is 21.6 Å². The highest BCUT2D eigenvalue weighted by atomic mass is 16.6. The van der Waals surface area contributed by atoms with Crippen molar-refractivity contribution in [3.05, 3.63) is 35.9 Å². The summed E-state index contributed by atoms with van der Waals surface area (Å²) in [5.74, 6) is 0.841. The van der Waals surface area contributed by atoms with Gasteiger partial charge in [0.2, 0.25) is 0 Å². The number of hydrogen-bond donors (Lipinski definition) is 0. The van der Waals surface area contributed by atoms with Gasteiger partial charge in [-0.2, -0.15) is 0 Å². The third-order valence-electron chi connectivity index (χ3n) is 3.39. The second kappa shape index (κ2) is 7.10. The summed E-state index contributed by atoms with van der Waals surface area (Å²) in [5.41, 5.74) is 1.17. The van der Waals surface area contributed by atoms with E-state index in [4.69, 9.17) is 4.84 Å².